The summed E-state index contributed by atoms with van der Waals surface area (Å²) in [5.41, 5.74) is 2.49. The molecule has 3 rings (SSSR count). The molecule has 4 unspecified atom stereocenters. The summed E-state index contributed by atoms with van der Waals surface area (Å²) in [5.74, 6) is 1.18. The second-order valence-corrected chi connectivity index (χ2v) is 8.14. The van der Waals surface area contributed by atoms with E-state index in [2.05, 4.69) is 6.07 Å². The van der Waals surface area contributed by atoms with Gasteiger partial charge in [-0.25, -0.2) is 4.79 Å². The number of rotatable bonds is 9. The molecule has 0 aromatic heterocycles. The number of carboxylic acid groups (broad SMARTS) is 1. The number of benzene rings is 1. The third kappa shape index (κ3) is 5.25. The van der Waals surface area contributed by atoms with E-state index in [1.54, 1.807) is 0 Å². The Morgan fingerprint density at radius 3 is 2.82 bits per heavy atom. The Morgan fingerprint density at radius 2 is 2.07 bits per heavy atom. The molecule has 0 amide bonds. The third-order valence-electron chi connectivity index (χ3n) is 6.15. The van der Waals surface area contributed by atoms with E-state index in [0.717, 1.165) is 31.4 Å². The van der Waals surface area contributed by atoms with Gasteiger partial charge in [-0.1, -0.05) is 12.1 Å². The topological polar surface area (TPSA) is 93.1 Å². The molecule has 28 heavy (non-hydrogen) atoms. The van der Waals surface area contributed by atoms with Gasteiger partial charge < -0.3 is 19.7 Å². The fraction of sp³-hybridized carbons (Fsp3) is 0.636. The number of fused-ring (bicyclic) bond motifs is 2. The number of ether oxygens (including phenoxy) is 2. The molecule has 0 aliphatic heterocycles. The first-order valence-corrected chi connectivity index (χ1v) is 10.2. The van der Waals surface area contributed by atoms with E-state index in [1.807, 2.05) is 19.1 Å². The van der Waals surface area contributed by atoms with Crippen LogP contribution in [0.2, 0.25) is 0 Å². The Balaban J connectivity index is 1.58. The fourth-order valence-electron chi connectivity index (χ4n) is 4.76. The van der Waals surface area contributed by atoms with Gasteiger partial charge in [0.1, 0.15) is 12.4 Å². The average Bonchev–Trinajstić information content (AvgIpc) is 3.04. The van der Waals surface area contributed by atoms with Gasteiger partial charge in [-0.15, -0.1) is 0 Å². The number of aliphatic hydroxyl groups is 1. The van der Waals surface area contributed by atoms with Crippen molar-refractivity contribution in [3.05, 3.63) is 29.3 Å². The van der Waals surface area contributed by atoms with Crippen molar-refractivity contribution in [3.63, 3.8) is 0 Å². The van der Waals surface area contributed by atoms with Crippen molar-refractivity contribution in [3.8, 4) is 5.75 Å². The van der Waals surface area contributed by atoms with E-state index in [9.17, 15) is 14.7 Å². The number of carboxylic acids is 1. The molecule has 1 aromatic rings. The highest BCUT2D eigenvalue weighted by Crippen LogP contribution is 2.48. The quantitative estimate of drug-likeness (QED) is 0.630. The van der Waals surface area contributed by atoms with Crippen molar-refractivity contribution in [2.75, 3.05) is 13.2 Å². The molecule has 6 heteroatoms. The van der Waals surface area contributed by atoms with Crippen LogP contribution in [-0.4, -0.2) is 41.5 Å². The molecule has 1 fully saturated rings. The molecule has 6 nitrogen and oxygen atoms in total. The fourth-order valence-corrected chi connectivity index (χ4v) is 4.76. The first kappa shape index (κ1) is 20.6. The minimum atomic E-state index is -0.997. The number of carbonyl (C=O) groups excluding carboxylic acids is 1. The van der Waals surface area contributed by atoms with Crippen LogP contribution in [0, 0.1) is 17.8 Å². The van der Waals surface area contributed by atoms with Gasteiger partial charge in [0, 0.05) is 0 Å². The molecule has 0 spiro atoms. The van der Waals surface area contributed by atoms with Crippen LogP contribution in [0.15, 0.2) is 18.2 Å². The van der Waals surface area contributed by atoms with Crippen LogP contribution >= 0.6 is 0 Å². The van der Waals surface area contributed by atoms with Crippen molar-refractivity contribution in [2.24, 2.45) is 17.8 Å². The van der Waals surface area contributed by atoms with E-state index in [0.29, 0.717) is 17.8 Å². The number of carbonyl (C=O) groups is 2. The van der Waals surface area contributed by atoms with Crippen LogP contribution in [0.1, 0.15) is 50.2 Å². The van der Waals surface area contributed by atoms with Gasteiger partial charge in [0.2, 0.25) is 0 Å². The van der Waals surface area contributed by atoms with Crippen molar-refractivity contribution in [1.29, 1.82) is 0 Å². The SMILES string of the molecule is CC(O)CCC1CCC2Cc3c(cccc3OCC(=O)OCCC(=O)O)CC12. The van der Waals surface area contributed by atoms with Crippen molar-refractivity contribution in [2.45, 2.75) is 58.0 Å². The summed E-state index contributed by atoms with van der Waals surface area (Å²) in [6, 6.07) is 6.00. The zero-order valence-corrected chi connectivity index (χ0v) is 16.4. The third-order valence-corrected chi connectivity index (χ3v) is 6.15. The molecule has 154 valence electrons. The van der Waals surface area contributed by atoms with E-state index >= 15 is 0 Å². The molecular weight excluding hydrogens is 360 g/mol. The largest absolute Gasteiger partial charge is 0.482 e. The summed E-state index contributed by atoms with van der Waals surface area (Å²) in [6.07, 6.45) is 5.96. The molecule has 1 saturated carbocycles. The molecule has 0 saturated heterocycles. The maximum Gasteiger partial charge on any atom is 0.344 e. The molecule has 2 N–H and O–H groups in total. The predicted molar refractivity (Wildman–Crippen MR) is 103 cm³/mol. The van der Waals surface area contributed by atoms with Crippen molar-refractivity contribution in [1.82, 2.24) is 0 Å². The number of hydrogen-bond donors (Lipinski definition) is 2. The molecule has 2 aliphatic rings. The van der Waals surface area contributed by atoms with Crippen LogP contribution in [0.4, 0.5) is 0 Å². The van der Waals surface area contributed by atoms with E-state index < -0.39 is 11.9 Å². The van der Waals surface area contributed by atoms with Gasteiger partial charge in [0.25, 0.3) is 0 Å². The molecule has 1 aromatic carbocycles. The minimum Gasteiger partial charge on any atom is -0.482 e. The Kier molecular flexibility index (Phi) is 6.94. The normalized spacial score (nSPS) is 24.1. The van der Waals surface area contributed by atoms with Crippen LogP contribution in [0.3, 0.4) is 0 Å². The molecule has 2 aliphatic carbocycles. The van der Waals surface area contributed by atoms with Gasteiger partial charge in [-0.2, -0.15) is 0 Å². The zero-order chi connectivity index (χ0) is 20.1. The molecule has 4 atom stereocenters. The first-order chi connectivity index (χ1) is 13.4. The van der Waals surface area contributed by atoms with Crippen LogP contribution < -0.4 is 4.74 Å². The second-order valence-electron chi connectivity index (χ2n) is 8.14. The predicted octanol–water partition coefficient (Wildman–Crippen LogP) is 2.99. The van der Waals surface area contributed by atoms with Crippen molar-refractivity contribution < 1.29 is 29.3 Å². The minimum absolute atomic E-state index is 0.137. The molecule has 0 radical (unpaired) electrons. The molecule has 0 heterocycles. The number of aliphatic carboxylic acids is 1. The average molecular weight is 390 g/mol. The van der Waals surface area contributed by atoms with Crippen LogP contribution in [0.5, 0.6) is 5.75 Å². The summed E-state index contributed by atoms with van der Waals surface area (Å²) < 4.78 is 10.6. The van der Waals surface area contributed by atoms with E-state index in [4.69, 9.17) is 14.6 Å². The highest BCUT2D eigenvalue weighted by molar-refractivity contribution is 5.72. The lowest BCUT2D eigenvalue weighted by atomic mass is 9.73. The molecular formula is C22H30O6. The molecule has 0 bridgehead atoms. The van der Waals surface area contributed by atoms with Gasteiger partial charge in [0.05, 0.1) is 12.5 Å². The maximum absolute atomic E-state index is 11.8. The Morgan fingerprint density at radius 1 is 1.25 bits per heavy atom. The maximum atomic E-state index is 11.8. The summed E-state index contributed by atoms with van der Waals surface area (Å²) in [6.45, 7) is 1.52. The van der Waals surface area contributed by atoms with Gasteiger partial charge in [-0.3, -0.25) is 4.79 Å². The zero-order valence-electron chi connectivity index (χ0n) is 16.4. The number of esters is 1. The monoisotopic (exact) mass is 390 g/mol. The Hall–Kier alpha value is -2.08. The summed E-state index contributed by atoms with van der Waals surface area (Å²) in [7, 11) is 0. The summed E-state index contributed by atoms with van der Waals surface area (Å²) in [5, 5.41) is 18.2. The smallest absolute Gasteiger partial charge is 0.344 e. The Labute approximate surface area is 165 Å². The van der Waals surface area contributed by atoms with E-state index in [1.165, 1.54) is 24.0 Å². The summed E-state index contributed by atoms with van der Waals surface area (Å²) >= 11 is 0. The highest BCUT2D eigenvalue weighted by Gasteiger charge is 2.39. The lowest BCUT2D eigenvalue weighted by Crippen LogP contribution is -2.26. The van der Waals surface area contributed by atoms with Crippen molar-refractivity contribution >= 4 is 11.9 Å². The number of aliphatic hydroxyl groups excluding tert-OH is 1. The van der Waals surface area contributed by atoms with Gasteiger partial charge >= 0.3 is 11.9 Å². The lowest BCUT2D eigenvalue weighted by Gasteiger charge is -2.32. The first-order valence-electron chi connectivity index (χ1n) is 10.2. The standard InChI is InChI=1S/C22H30O6/c1-14(23)5-6-15-7-8-17-12-19-16(11-18(15)17)3-2-4-20(19)28-13-22(26)27-10-9-21(24)25/h2-4,14-15,17-18,23H,5-13H2,1H3,(H,24,25). The Bertz CT molecular complexity index is 698. The van der Waals surface area contributed by atoms with Crippen LogP contribution in [-0.2, 0) is 27.2 Å². The second kappa shape index (κ2) is 9.41. The summed E-state index contributed by atoms with van der Waals surface area (Å²) in [4.78, 5) is 22.2. The van der Waals surface area contributed by atoms with E-state index in [-0.39, 0.29) is 25.7 Å². The lowest BCUT2D eigenvalue weighted by molar-refractivity contribution is -0.148. The number of hydrogen-bond acceptors (Lipinski definition) is 5. The van der Waals surface area contributed by atoms with Crippen LogP contribution in [0.25, 0.3) is 0 Å². The van der Waals surface area contributed by atoms with Gasteiger partial charge in [-0.05, 0) is 80.4 Å². The van der Waals surface area contributed by atoms with Gasteiger partial charge in [0.15, 0.2) is 6.61 Å². The highest BCUT2D eigenvalue weighted by atomic mass is 16.6.